The lowest BCUT2D eigenvalue weighted by Gasteiger charge is -2.27. The molecule has 0 fully saturated rings. The molecule has 1 N–H and O–H groups in total. The van der Waals surface area contributed by atoms with Crippen molar-refractivity contribution in [1.29, 1.82) is 0 Å². The van der Waals surface area contributed by atoms with Gasteiger partial charge in [-0.3, -0.25) is 0 Å². The van der Waals surface area contributed by atoms with Crippen LogP contribution in [-0.2, 0) is 11.2 Å². The number of likely N-dealkylation sites (N-methyl/N-ethyl adjacent to an activating group) is 1. The van der Waals surface area contributed by atoms with Crippen LogP contribution < -0.4 is 5.32 Å². The molecule has 0 bridgehead atoms. The van der Waals surface area contributed by atoms with E-state index in [0.29, 0.717) is 19.1 Å². The van der Waals surface area contributed by atoms with Crippen molar-refractivity contribution in [2.75, 3.05) is 19.6 Å². The molecule has 120 valence electrons. The first-order valence-corrected chi connectivity index (χ1v) is 7.55. The fourth-order valence-electron chi connectivity index (χ4n) is 1.95. The molecule has 0 spiro atoms. The molecule has 1 aromatic heterocycles. The fraction of sp³-hybridized carbons (Fsp3) is 0.688. The van der Waals surface area contributed by atoms with Crippen LogP contribution in [0, 0.1) is 0 Å². The standard InChI is InChI=1S/C16H28N2O3/c1-6-18(15(19)21-16(3,4)5)10-9-17-13(2)12-14-8-7-11-20-14/h7-8,11,13,17H,6,9-10,12H2,1-5H3. The zero-order chi connectivity index (χ0) is 15.9. The summed E-state index contributed by atoms with van der Waals surface area (Å²) in [5, 5.41) is 3.39. The second-order valence-corrected chi connectivity index (χ2v) is 6.20. The van der Waals surface area contributed by atoms with Crippen molar-refractivity contribution in [3.8, 4) is 0 Å². The molecular weight excluding hydrogens is 268 g/mol. The normalized spacial score (nSPS) is 13.0. The van der Waals surface area contributed by atoms with Crippen LogP contribution in [0.3, 0.4) is 0 Å². The maximum absolute atomic E-state index is 12.0. The van der Waals surface area contributed by atoms with Crippen LogP contribution in [0.15, 0.2) is 22.8 Å². The highest BCUT2D eigenvalue weighted by molar-refractivity contribution is 5.68. The van der Waals surface area contributed by atoms with Gasteiger partial charge in [0.05, 0.1) is 6.26 Å². The lowest BCUT2D eigenvalue weighted by molar-refractivity contribution is 0.0261. The fourth-order valence-corrected chi connectivity index (χ4v) is 1.95. The Bertz CT molecular complexity index is 410. The topological polar surface area (TPSA) is 54.7 Å². The van der Waals surface area contributed by atoms with Gasteiger partial charge in [0.15, 0.2) is 0 Å². The Morgan fingerprint density at radius 1 is 1.48 bits per heavy atom. The van der Waals surface area contributed by atoms with Crippen molar-refractivity contribution >= 4 is 6.09 Å². The van der Waals surface area contributed by atoms with Gasteiger partial charge in [-0.2, -0.15) is 0 Å². The number of hydrogen-bond donors (Lipinski definition) is 1. The van der Waals surface area contributed by atoms with E-state index in [1.54, 1.807) is 11.2 Å². The van der Waals surface area contributed by atoms with E-state index in [1.807, 2.05) is 39.8 Å². The average Bonchev–Trinajstić information content (AvgIpc) is 2.85. The first-order chi connectivity index (χ1) is 9.81. The number of rotatable bonds is 7. The number of carbonyl (C=O) groups is 1. The van der Waals surface area contributed by atoms with Gasteiger partial charge >= 0.3 is 6.09 Å². The van der Waals surface area contributed by atoms with E-state index in [4.69, 9.17) is 9.15 Å². The van der Waals surface area contributed by atoms with Gasteiger partial charge in [-0.15, -0.1) is 0 Å². The highest BCUT2D eigenvalue weighted by Crippen LogP contribution is 2.09. The zero-order valence-corrected chi connectivity index (χ0v) is 13.8. The Morgan fingerprint density at radius 2 is 2.19 bits per heavy atom. The molecular formula is C16H28N2O3. The van der Waals surface area contributed by atoms with Crippen molar-refractivity contribution in [1.82, 2.24) is 10.2 Å². The molecule has 5 heteroatoms. The molecule has 0 aliphatic rings. The SMILES string of the molecule is CCN(CCNC(C)Cc1ccco1)C(=O)OC(C)(C)C. The molecule has 0 aliphatic heterocycles. The molecule has 1 aromatic rings. The van der Waals surface area contributed by atoms with E-state index < -0.39 is 5.60 Å². The molecule has 0 radical (unpaired) electrons. The number of nitrogens with one attached hydrogen (secondary N) is 1. The van der Waals surface area contributed by atoms with Gasteiger partial charge in [-0.1, -0.05) is 0 Å². The maximum atomic E-state index is 12.0. The van der Waals surface area contributed by atoms with Crippen molar-refractivity contribution in [2.24, 2.45) is 0 Å². The van der Waals surface area contributed by atoms with E-state index in [0.717, 1.165) is 18.7 Å². The van der Waals surface area contributed by atoms with Crippen LogP contribution in [0.25, 0.3) is 0 Å². The third-order valence-electron chi connectivity index (χ3n) is 3.00. The van der Waals surface area contributed by atoms with Crippen LogP contribution in [0.4, 0.5) is 4.79 Å². The van der Waals surface area contributed by atoms with Gasteiger partial charge in [-0.05, 0) is 46.8 Å². The predicted octanol–water partition coefficient (Wildman–Crippen LogP) is 3.06. The van der Waals surface area contributed by atoms with Crippen LogP contribution in [-0.4, -0.2) is 42.3 Å². The number of furan rings is 1. The summed E-state index contributed by atoms with van der Waals surface area (Å²) < 4.78 is 10.7. The first kappa shape index (κ1) is 17.6. The van der Waals surface area contributed by atoms with E-state index in [9.17, 15) is 4.79 Å². The highest BCUT2D eigenvalue weighted by atomic mass is 16.6. The minimum atomic E-state index is -0.454. The molecule has 0 saturated heterocycles. The van der Waals surface area contributed by atoms with Crippen LogP contribution >= 0.6 is 0 Å². The van der Waals surface area contributed by atoms with E-state index >= 15 is 0 Å². The monoisotopic (exact) mass is 296 g/mol. The summed E-state index contributed by atoms with van der Waals surface area (Å²) in [5.41, 5.74) is -0.454. The Labute approximate surface area is 127 Å². The molecule has 1 heterocycles. The van der Waals surface area contributed by atoms with Gasteiger partial charge in [0.25, 0.3) is 0 Å². The van der Waals surface area contributed by atoms with Crippen molar-refractivity contribution in [3.05, 3.63) is 24.2 Å². The Hall–Kier alpha value is -1.49. The zero-order valence-electron chi connectivity index (χ0n) is 13.8. The van der Waals surface area contributed by atoms with Gasteiger partial charge in [-0.25, -0.2) is 4.79 Å². The van der Waals surface area contributed by atoms with Gasteiger partial charge in [0.2, 0.25) is 0 Å². The molecule has 0 aromatic carbocycles. The lowest BCUT2D eigenvalue weighted by Crippen LogP contribution is -2.42. The largest absolute Gasteiger partial charge is 0.469 e. The average molecular weight is 296 g/mol. The minimum absolute atomic E-state index is 0.259. The van der Waals surface area contributed by atoms with Crippen LogP contribution in [0.2, 0.25) is 0 Å². The number of hydrogen-bond acceptors (Lipinski definition) is 4. The number of ether oxygens (including phenoxy) is 1. The summed E-state index contributed by atoms with van der Waals surface area (Å²) in [6, 6.07) is 4.16. The maximum Gasteiger partial charge on any atom is 0.410 e. The quantitative estimate of drug-likeness (QED) is 0.840. The van der Waals surface area contributed by atoms with E-state index in [-0.39, 0.29) is 6.09 Å². The van der Waals surface area contributed by atoms with E-state index in [2.05, 4.69) is 12.2 Å². The molecule has 1 rings (SSSR count). The van der Waals surface area contributed by atoms with Crippen molar-refractivity contribution < 1.29 is 13.9 Å². The molecule has 1 amide bonds. The van der Waals surface area contributed by atoms with Crippen LogP contribution in [0.1, 0.15) is 40.4 Å². The van der Waals surface area contributed by atoms with Crippen molar-refractivity contribution in [3.63, 3.8) is 0 Å². The Balaban J connectivity index is 2.29. The summed E-state index contributed by atoms with van der Waals surface area (Å²) in [6.45, 7) is 11.7. The second kappa shape index (κ2) is 8.08. The summed E-state index contributed by atoms with van der Waals surface area (Å²) in [5.74, 6) is 0.967. The third-order valence-corrected chi connectivity index (χ3v) is 3.00. The Kier molecular flexibility index (Phi) is 6.75. The summed E-state index contributed by atoms with van der Waals surface area (Å²) in [6.07, 6.45) is 2.26. The van der Waals surface area contributed by atoms with Gasteiger partial charge < -0.3 is 19.4 Å². The minimum Gasteiger partial charge on any atom is -0.469 e. The Morgan fingerprint density at radius 3 is 2.71 bits per heavy atom. The van der Waals surface area contributed by atoms with Gasteiger partial charge in [0.1, 0.15) is 11.4 Å². The first-order valence-electron chi connectivity index (χ1n) is 7.55. The van der Waals surface area contributed by atoms with Crippen molar-refractivity contribution in [2.45, 2.75) is 52.7 Å². The highest BCUT2D eigenvalue weighted by Gasteiger charge is 2.20. The molecule has 5 nitrogen and oxygen atoms in total. The number of nitrogens with zero attached hydrogens (tertiary/aromatic N) is 1. The van der Waals surface area contributed by atoms with E-state index in [1.165, 1.54) is 0 Å². The summed E-state index contributed by atoms with van der Waals surface area (Å²) >= 11 is 0. The predicted molar refractivity (Wildman–Crippen MR) is 83.4 cm³/mol. The number of amides is 1. The van der Waals surface area contributed by atoms with Gasteiger partial charge in [0, 0.05) is 32.1 Å². The lowest BCUT2D eigenvalue weighted by atomic mass is 10.2. The molecule has 0 saturated carbocycles. The third kappa shape index (κ3) is 7.18. The molecule has 1 unspecified atom stereocenters. The summed E-state index contributed by atoms with van der Waals surface area (Å²) in [4.78, 5) is 13.7. The second-order valence-electron chi connectivity index (χ2n) is 6.20. The smallest absolute Gasteiger partial charge is 0.410 e. The summed E-state index contributed by atoms with van der Waals surface area (Å²) in [7, 11) is 0. The molecule has 0 aliphatic carbocycles. The molecule has 21 heavy (non-hydrogen) atoms. The molecule has 1 atom stereocenters. The van der Waals surface area contributed by atoms with Crippen LogP contribution in [0.5, 0.6) is 0 Å². The number of carbonyl (C=O) groups excluding carboxylic acids is 1.